The Balaban J connectivity index is 1.24. The molecule has 0 fully saturated rings. The lowest BCUT2D eigenvalue weighted by atomic mass is 9.99. The van der Waals surface area contributed by atoms with E-state index in [1.54, 1.807) is 29.7 Å². The molecule has 3 aromatic carbocycles. The largest absolute Gasteiger partial charge is 0.497 e. The summed E-state index contributed by atoms with van der Waals surface area (Å²) in [6.07, 6.45) is 3.46. The summed E-state index contributed by atoms with van der Waals surface area (Å²) in [7, 11) is 3.40. The highest BCUT2D eigenvalue weighted by atomic mass is 19.1. The first-order valence-corrected chi connectivity index (χ1v) is 11.8. The van der Waals surface area contributed by atoms with E-state index in [9.17, 15) is 4.79 Å². The number of carbonyl (C=O) groups excluding carboxylic acids is 1. The van der Waals surface area contributed by atoms with Crippen LogP contribution in [-0.4, -0.2) is 37.5 Å². The average molecular weight is 500 g/mol. The predicted molar refractivity (Wildman–Crippen MR) is 134 cm³/mol. The van der Waals surface area contributed by atoms with E-state index in [2.05, 4.69) is 10.2 Å². The van der Waals surface area contributed by atoms with Gasteiger partial charge in [0.1, 0.15) is 23.1 Å². The number of halogens is 2. The van der Waals surface area contributed by atoms with Crippen LogP contribution in [0.5, 0.6) is 5.75 Å². The molecule has 0 aliphatic carbocycles. The smallest absolute Gasteiger partial charge is 0.273 e. The van der Waals surface area contributed by atoms with Crippen LogP contribution in [0.25, 0.3) is 22.0 Å². The summed E-state index contributed by atoms with van der Waals surface area (Å²) in [4.78, 5) is 14.7. The standard InChI is InChI=1S/C28H23F2N5O2/c1-33-15-22-21(4-3-5-26(22)32-33)18-10-24(29)23(25(30)11-18)16-34-14-19-12-31-35(27(19)28(34)36)13-17-6-8-20(37-2)9-7-17/h3-12,15H,13-14,16H2,1-2H3. The molecule has 7 nitrogen and oxygen atoms in total. The quantitative estimate of drug-likeness (QED) is 0.332. The van der Waals surface area contributed by atoms with E-state index >= 15 is 8.78 Å². The molecule has 0 radical (unpaired) electrons. The first kappa shape index (κ1) is 22.9. The minimum absolute atomic E-state index is 0.143. The number of rotatable bonds is 6. The molecule has 5 aromatic rings. The molecule has 3 heterocycles. The highest BCUT2D eigenvalue weighted by Crippen LogP contribution is 2.32. The van der Waals surface area contributed by atoms with Gasteiger partial charge in [-0.25, -0.2) is 8.78 Å². The Bertz CT molecular complexity index is 1630. The Labute approximate surface area is 211 Å². The van der Waals surface area contributed by atoms with Crippen molar-refractivity contribution in [2.45, 2.75) is 19.6 Å². The zero-order valence-corrected chi connectivity index (χ0v) is 20.3. The van der Waals surface area contributed by atoms with Gasteiger partial charge in [-0.2, -0.15) is 10.2 Å². The maximum Gasteiger partial charge on any atom is 0.273 e. The van der Waals surface area contributed by atoms with E-state index in [0.29, 0.717) is 23.4 Å². The molecule has 1 amide bonds. The Hall–Kier alpha value is -4.53. The van der Waals surface area contributed by atoms with Crippen LogP contribution in [0.2, 0.25) is 0 Å². The zero-order valence-electron chi connectivity index (χ0n) is 20.3. The van der Waals surface area contributed by atoms with E-state index in [1.165, 1.54) is 17.0 Å². The number of hydrogen-bond acceptors (Lipinski definition) is 4. The SMILES string of the molecule is COc1ccc(Cn2ncc3c2C(=O)N(Cc2c(F)cc(-c4cccc5nn(C)cc45)cc2F)C3)cc1. The zero-order chi connectivity index (χ0) is 25.7. The summed E-state index contributed by atoms with van der Waals surface area (Å²) in [6, 6.07) is 15.6. The number of ether oxygens (including phenoxy) is 1. The van der Waals surface area contributed by atoms with E-state index in [0.717, 1.165) is 27.8 Å². The van der Waals surface area contributed by atoms with Crippen molar-refractivity contribution in [3.63, 3.8) is 0 Å². The van der Waals surface area contributed by atoms with Gasteiger partial charge in [-0.3, -0.25) is 14.2 Å². The normalized spacial score (nSPS) is 13.0. The van der Waals surface area contributed by atoms with Crippen molar-refractivity contribution in [2.24, 2.45) is 7.05 Å². The predicted octanol–water partition coefficient (Wildman–Crippen LogP) is 4.93. The van der Waals surface area contributed by atoms with Gasteiger partial charge in [-0.15, -0.1) is 0 Å². The number of benzene rings is 3. The highest BCUT2D eigenvalue weighted by Gasteiger charge is 2.33. The van der Waals surface area contributed by atoms with Gasteiger partial charge in [0, 0.05) is 29.8 Å². The van der Waals surface area contributed by atoms with E-state index in [1.807, 2.05) is 48.7 Å². The minimum atomic E-state index is -0.695. The monoisotopic (exact) mass is 499 g/mol. The Morgan fingerprint density at radius 1 is 1.03 bits per heavy atom. The number of nitrogens with zero attached hydrogens (tertiary/aromatic N) is 5. The van der Waals surface area contributed by atoms with Crippen molar-refractivity contribution < 1.29 is 18.3 Å². The molecule has 0 bridgehead atoms. The van der Waals surface area contributed by atoms with Crippen molar-refractivity contribution >= 4 is 16.8 Å². The van der Waals surface area contributed by atoms with Gasteiger partial charge in [0.15, 0.2) is 0 Å². The third-order valence-electron chi connectivity index (χ3n) is 6.72. The van der Waals surface area contributed by atoms with Gasteiger partial charge in [-0.1, -0.05) is 24.3 Å². The first-order valence-electron chi connectivity index (χ1n) is 11.8. The van der Waals surface area contributed by atoms with Crippen molar-refractivity contribution in [1.82, 2.24) is 24.5 Å². The summed E-state index contributed by atoms with van der Waals surface area (Å²) in [6.45, 7) is 0.466. The summed E-state index contributed by atoms with van der Waals surface area (Å²) in [5.74, 6) is -0.952. The first-order chi connectivity index (χ1) is 17.9. The number of hydrogen-bond donors (Lipinski definition) is 0. The number of aromatic nitrogens is 4. The van der Waals surface area contributed by atoms with Crippen molar-refractivity contribution in [3.8, 4) is 16.9 Å². The molecule has 0 N–H and O–H groups in total. The van der Waals surface area contributed by atoms with Gasteiger partial charge in [0.2, 0.25) is 0 Å². The van der Waals surface area contributed by atoms with Crippen LogP contribution in [0.3, 0.4) is 0 Å². The summed E-state index contributed by atoms with van der Waals surface area (Å²) in [5.41, 5.74) is 3.84. The molecule has 0 atom stereocenters. The Kier molecular flexibility index (Phi) is 5.48. The molecule has 2 aromatic heterocycles. The molecule has 0 saturated heterocycles. The second-order valence-electron chi connectivity index (χ2n) is 9.14. The van der Waals surface area contributed by atoms with Crippen LogP contribution in [0, 0.1) is 11.6 Å². The lowest BCUT2D eigenvalue weighted by Gasteiger charge is -2.18. The number of methoxy groups -OCH3 is 1. The molecular weight excluding hydrogens is 476 g/mol. The van der Waals surface area contributed by atoms with Crippen molar-refractivity contribution in [2.75, 3.05) is 7.11 Å². The van der Waals surface area contributed by atoms with Crippen LogP contribution in [0.1, 0.15) is 27.2 Å². The van der Waals surface area contributed by atoms with E-state index in [4.69, 9.17) is 4.74 Å². The van der Waals surface area contributed by atoms with Gasteiger partial charge < -0.3 is 9.64 Å². The number of fused-ring (bicyclic) bond motifs is 2. The van der Waals surface area contributed by atoms with Crippen LogP contribution in [0.15, 0.2) is 67.0 Å². The fraction of sp³-hybridized carbons (Fsp3) is 0.179. The summed E-state index contributed by atoms with van der Waals surface area (Å²) < 4.78 is 39.0. The molecule has 6 rings (SSSR count). The molecule has 1 aliphatic heterocycles. The minimum Gasteiger partial charge on any atom is -0.497 e. The van der Waals surface area contributed by atoms with Crippen LogP contribution in [0.4, 0.5) is 8.78 Å². The second-order valence-corrected chi connectivity index (χ2v) is 9.14. The van der Waals surface area contributed by atoms with Gasteiger partial charge in [0.25, 0.3) is 5.91 Å². The van der Waals surface area contributed by atoms with Crippen LogP contribution in [-0.2, 0) is 26.7 Å². The average Bonchev–Trinajstić information content (AvgIpc) is 3.55. The van der Waals surface area contributed by atoms with Crippen LogP contribution >= 0.6 is 0 Å². The number of aryl methyl sites for hydroxylation is 1. The fourth-order valence-corrected chi connectivity index (χ4v) is 4.88. The molecule has 1 aliphatic rings. The molecule has 0 saturated carbocycles. The van der Waals surface area contributed by atoms with Gasteiger partial charge >= 0.3 is 0 Å². The number of carbonyl (C=O) groups is 1. The summed E-state index contributed by atoms with van der Waals surface area (Å²) in [5, 5.41) is 9.53. The molecule has 186 valence electrons. The van der Waals surface area contributed by atoms with Gasteiger partial charge in [0.05, 0.1) is 38.5 Å². The molecule has 0 spiro atoms. The van der Waals surface area contributed by atoms with Gasteiger partial charge in [-0.05, 0) is 47.0 Å². The maximum absolute atomic E-state index is 15.2. The lowest BCUT2D eigenvalue weighted by Crippen LogP contribution is -2.26. The lowest BCUT2D eigenvalue weighted by molar-refractivity contribution is 0.0752. The van der Waals surface area contributed by atoms with E-state index in [-0.39, 0.29) is 24.6 Å². The Morgan fingerprint density at radius 3 is 2.51 bits per heavy atom. The second kappa shape index (κ2) is 8.85. The molecule has 0 unspecified atom stereocenters. The fourth-order valence-electron chi connectivity index (χ4n) is 4.88. The Morgan fingerprint density at radius 2 is 1.78 bits per heavy atom. The number of amides is 1. The highest BCUT2D eigenvalue weighted by molar-refractivity contribution is 5.97. The third kappa shape index (κ3) is 4.02. The van der Waals surface area contributed by atoms with Crippen LogP contribution < -0.4 is 4.74 Å². The molecule has 9 heteroatoms. The van der Waals surface area contributed by atoms with E-state index < -0.39 is 11.6 Å². The summed E-state index contributed by atoms with van der Waals surface area (Å²) >= 11 is 0. The van der Waals surface area contributed by atoms with Crippen molar-refractivity contribution in [1.29, 1.82) is 0 Å². The van der Waals surface area contributed by atoms with Crippen molar-refractivity contribution in [3.05, 3.63) is 101 Å². The topological polar surface area (TPSA) is 65.2 Å². The molecular formula is C28H23F2N5O2. The third-order valence-corrected chi connectivity index (χ3v) is 6.72. The molecule has 37 heavy (non-hydrogen) atoms. The maximum atomic E-state index is 15.2.